The van der Waals surface area contributed by atoms with E-state index < -0.39 is 6.04 Å². The Kier molecular flexibility index (Phi) is 16.5. The topological polar surface area (TPSA) is 102 Å². The first-order valence-electron chi connectivity index (χ1n) is 11.1. The Morgan fingerprint density at radius 3 is 2.36 bits per heavy atom. The van der Waals surface area contributed by atoms with Crippen LogP contribution in [-0.2, 0) is 14.4 Å². The molecule has 1 aromatic carbocycles. The lowest BCUT2D eigenvalue weighted by molar-refractivity contribution is -0.124. The molecule has 9 heteroatoms. The number of hydrogen-bond acceptors (Lipinski definition) is 8. The van der Waals surface area contributed by atoms with Crippen LogP contribution in [0, 0.1) is 6.92 Å². The second-order valence-corrected chi connectivity index (χ2v) is 8.24. The van der Waals surface area contributed by atoms with Gasteiger partial charge in [0.15, 0.2) is 0 Å². The van der Waals surface area contributed by atoms with E-state index in [0.29, 0.717) is 31.6 Å². The van der Waals surface area contributed by atoms with Crippen LogP contribution in [0.1, 0.15) is 28.8 Å². The van der Waals surface area contributed by atoms with Crippen LogP contribution >= 0.6 is 0 Å². The zero-order chi connectivity index (χ0) is 25.2. The van der Waals surface area contributed by atoms with Crippen LogP contribution in [-0.4, -0.2) is 109 Å². The van der Waals surface area contributed by atoms with Crippen molar-refractivity contribution in [3.05, 3.63) is 29.3 Å². The number of hydrogen-bond donors (Lipinski definition) is 2. The van der Waals surface area contributed by atoms with Gasteiger partial charge >= 0.3 is 0 Å². The average Bonchev–Trinajstić information content (AvgIpc) is 2.80. The fourth-order valence-corrected chi connectivity index (χ4v) is 3.26. The molecule has 2 rings (SSSR count). The highest BCUT2D eigenvalue weighted by Gasteiger charge is 2.20. The van der Waals surface area contributed by atoms with Crippen LogP contribution in [0.4, 0.5) is 5.69 Å². The van der Waals surface area contributed by atoms with Crippen LogP contribution in [0.15, 0.2) is 18.2 Å². The maximum Gasteiger partial charge on any atom is 0.210 e. The fraction of sp³-hybridized carbons (Fsp3) is 0.583. The third kappa shape index (κ3) is 12.3. The Morgan fingerprint density at radius 1 is 1.18 bits per heavy atom. The van der Waals surface area contributed by atoms with Gasteiger partial charge in [0.2, 0.25) is 6.41 Å². The van der Waals surface area contributed by atoms with Crippen molar-refractivity contribution in [1.82, 2.24) is 20.4 Å². The molecule has 2 N–H and O–H groups in total. The number of carbonyl (C=O) groups excluding carboxylic acids is 4. The molecular formula is C24H41N5O4. The van der Waals surface area contributed by atoms with Gasteiger partial charge in [0.25, 0.3) is 0 Å². The van der Waals surface area contributed by atoms with Crippen molar-refractivity contribution in [3.8, 4) is 0 Å². The predicted molar refractivity (Wildman–Crippen MR) is 133 cm³/mol. The second kappa shape index (κ2) is 17.9. The quantitative estimate of drug-likeness (QED) is 0.487. The molecule has 2 atom stereocenters. The lowest BCUT2D eigenvalue weighted by Crippen LogP contribution is -2.54. The van der Waals surface area contributed by atoms with Gasteiger partial charge in [0.1, 0.15) is 18.9 Å². The van der Waals surface area contributed by atoms with Crippen LogP contribution in [0.2, 0.25) is 0 Å². The summed E-state index contributed by atoms with van der Waals surface area (Å²) in [5.74, 6) is 0. The standard InChI is InChI=1S/C15H23N3O.C7H11NO3.C2H7N/c1-12-4-5-15(8-13(12)11-19)18-7-6-16-14(10-18)9-17(2)3;1-8(6-11)7(5-10)3-2-4-9;1-3-2/h4-5,8,11,14,16H,6-7,9-10H2,1-3H3;4-7H,2-3H2,1H3;3H,1-2H3. The summed E-state index contributed by atoms with van der Waals surface area (Å²) >= 11 is 0. The first-order chi connectivity index (χ1) is 15.8. The van der Waals surface area contributed by atoms with Gasteiger partial charge in [-0.1, -0.05) is 6.07 Å². The SMILES string of the molecule is CN(C=O)C(C=O)CCC=O.CNC.Cc1ccc(N2CCNC(CN(C)C)C2)cc1C=O. The Labute approximate surface area is 198 Å². The van der Waals surface area contributed by atoms with Gasteiger partial charge in [-0.15, -0.1) is 0 Å². The predicted octanol–water partition coefficient (Wildman–Crippen LogP) is 0.604. The minimum Gasteiger partial charge on any atom is -0.369 e. The molecule has 0 radical (unpaired) electrons. The third-order valence-corrected chi connectivity index (χ3v) is 5.02. The molecule has 2 unspecified atom stereocenters. The Balaban J connectivity index is 0.000000624. The molecule has 1 fully saturated rings. The number of rotatable bonds is 10. The zero-order valence-electron chi connectivity index (χ0n) is 20.9. The molecule has 186 valence electrons. The summed E-state index contributed by atoms with van der Waals surface area (Å²) in [7, 11) is 9.45. The maximum atomic E-state index is 11.0. The summed E-state index contributed by atoms with van der Waals surface area (Å²) in [5.41, 5.74) is 2.98. The van der Waals surface area contributed by atoms with Gasteiger partial charge in [-0.3, -0.25) is 9.59 Å². The highest BCUT2D eigenvalue weighted by molar-refractivity contribution is 5.79. The number of nitrogens with one attached hydrogen (secondary N) is 2. The van der Waals surface area contributed by atoms with Gasteiger partial charge in [-0.2, -0.15) is 0 Å². The molecule has 1 aromatic rings. The Bertz CT molecular complexity index is 714. The van der Waals surface area contributed by atoms with E-state index in [4.69, 9.17) is 0 Å². The van der Waals surface area contributed by atoms with Crippen molar-refractivity contribution in [1.29, 1.82) is 0 Å². The molecule has 0 saturated carbocycles. The summed E-state index contributed by atoms with van der Waals surface area (Å²) in [5, 5.41) is 6.29. The summed E-state index contributed by atoms with van der Waals surface area (Å²) < 4.78 is 0. The van der Waals surface area contributed by atoms with Crippen molar-refractivity contribution in [2.75, 3.05) is 66.3 Å². The average molecular weight is 464 g/mol. The van der Waals surface area contributed by atoms with Crippen molar-refractivity contribution in [3.63, 3.8) is 0 Å². The molecular weight excluding hydrogens is 422 g/mol. The van der Waals surface area contributed by atoms with Crippen LogP contribution in [0.25, 0.3) is 0 Å². The van der Waals surface area contributed by atoms with Crippen molar-refractivity contribution >= 4 is 31.0 Å². The van der Waals surface area contributed by atoms with Crippen molar-refractivity contribution in [2.24, 2.45) is 0 Å². The number of anilines is 1. The van der Waals surface area contributed by atoms with E-state index in [1.54, 1.807) is 0 Å². The number of benzene rings is 1. The number of amides is 1. The van der Waals surface area contributed by atoms with E-state index in [-0.39, 0.29) is 0 Å². The largest absolute Gasteiger partial charge is 0.369 e. The molecule has 33 heavy (non-hydrogen) atoms. The zero-order valence-corrected chi connectivity index (χ0v) is 20.9. The molecule has 1 saturated heterocycles. The lowest BCUT2D eigenvalue weighted by atomic mass is 10.1. The smallest absolute Gasteiger partial charge is 0.210 e. The molecule has 0 bridgehead atoms. The van der Waals surface area contributed by atoms with Crippen LogP contribution in [0.5, 0.6) is 0 Å². The van der Waals surface area contributed by atoms with E-state index >= 15 is 0 Å². The minimum atomic E-state index is -0.460. The number of carbonyl (C=O) groups is 4. The van der Waals surface area contributed by atoms with Gasteiger partial charge < -0.3 is 34.9 Å². The van der Waals surface area contributed by atoms with Gasteiger partial charge in [0.05, 0.1) is 6.04 Å². The van der Waals surface area contributed by atoms with Gasteiger partial charge in [0, 0.05) is 56.9 Å². The summed E-state index contributed by atoms with van der Waals surface area (Å²) in [6, 6.07) is 6.16. The summed E-state index contributed by atoms with van der Waals surface area (Å²) in [6.45, 7) is 5.97. The molecule has 1 aliphatic heterocycles. The summed E-state index contributed by atoms with van der Waals surface area (Å²) in [4.78, 5) is 47.2. The molecule has 9 nitrogen and oxygen atoms in total. The third-order valence-electron chi connectivity index (χ3n) is 5.02. The fourth-order valence-electron chi connectivity index (χ4n) is 3.26. The Morgan fingerprint density at radius 2 is 1.85 bits per heavy atom. The van der Waals surface area contributed by atoms with E-state index in [1.807, 2.05) is 33.2 Å². The number of likely N-dealkylation sites (N-methyl/N-ethyl adjacent to an activating group) is 2. The highest BCUT2D eigenvalue weighted by Crippen LogP contribution is 2.19. The maximum absolute atomic E-state index is 11.0. The van der Waals surface area contributed by atoms with E-state index in [2.05, 4.69) is 40.6 Å². The van der Waals surface area contributed by atoms with E-state index in [1.165, 1.54) is 11.9 Å². The van der Waals surface area contributed by atoms with Crippen molar-refractivity contribution in [2.45, 2.75) is 31.8 Å². The Hall–Kier alpha value is -2.62. The number of aldehydes is 3. The minimum absolute atomic E-state index is 0.307. The number of nitrogens with zero attached hydrogens (tertiary/aromatic N) is 3. The highest BCUT2D eigenvalue weighted by atomic mass is 16.1. The van der Waals surface area contributed by atoms with E-state index in [0.717, 1.165) is 55.6 Å². The number of piperazine rings is 1. The van der Waals surface area contributed by atoms with E-state index in [9.17, 15) is 19.2 Å². The summed E-state index contributed by atoms with van der Waals surface area (Å²) in [6.07, 6.45) is 3.62. The normalized spacial score (nSPS) is 15.8. The van der Waals surface area contributed by atoms with Crippen LogP contribution in [0.3, 0.4) is 0 Å². The van der Waals surface area contributed by atoms with Crippen LogP contribution < -0.4 is 15.5 Å². The monoisotopic (exact) mass is 463 g/mol. The first-order valence-corrected chi connectivity index (χ1v) is 11.1. The lowest BCUT2D eigenvalue weighted by Gasteiger charge is -2.36. The van der Waals surface area contributed by atoms with Gasteiger partial charge in [-0.25, -0.2) is 0 Å². The molecule has 0 spiro atoms. The molecule has 1 amide bonds. The number of aryl methyl sites for hydroxylation is 1. The molecule has 0 aromatic heterocycles. The molecule has 1 heterocycles. The molecule has 0 aliphatic carbocycles. The molecule has 1 aliphatic rings. The second-order valence-electron chi connectivity index (χ2n) is 8.24. The first kappa shape index (κ1) is 30.4. The van der Waals surface area contributed by atoms with Crippen molar-refractivity contribution < 1.29 is 19.2 Å². The van der Waals surface area contributed by atoms with Gasteiger partial charge in [-0.05, 0) is 59.2 Å².